The van der Waals surface area contributed by atoms with Crippen LogP contribution in [0.2, 0.25) is 5.02 Å². The molecule has 0 saturated heterocycles. The molecule has 0 aliphatic heterocycles. The summed E-state index contributed by atoms with van der Waals surface area (Å²) < 4.78 is 5.36. The molecule has 0 aliphatic carbocycles. The minimum atomic E-state index is 0.629. The lowest BCUT2D eigenvalue weighted by Gasteiger charge is -2.09. The molecule has 0 saturated carbocycles. The van der Waals surface area contributed by atoms with Crippen molar-refractivity contribution in [2.24, 2.45) is 0 Å². The minimum absolute atomic E-state index is 0.629. The van der Waals surface area contributed by atoms with Crippen LogP contribution in [0.25, 0.3) is 11.4 Å². The van der Waals surface area contributed by atoms with Crippen LogP contribution in [0.1, 0.15) is 0 Å². The van der Waals surface area contributed by atoms with Crippen LogP contribution < -0.4 is 4.74 Å². The van der Waals surface area contributed by atoms with E-state index in [2.05, 4.69) is 9.97 Å². The second-order valence-electron chi connectivity index (χ2n) is 4.47. The van der Waals surface area contributed by atoms with E-state index in [-0.39, 0.29) is 0 Å². The van der Waals surface area contributed by atoms with Gasteiger partial charge in [0.05, 0.1) is 18.3 Å². The monoisotopic (exact) mass is 328 g/mol. The molecule has 0 bridgehead atoms. The first-order chi connectivity index (χ1) is 10.8. The first-order valence-electron chi connectivity index (χ1n) is 6.67. The van der Waals surface area contributed by atoms with Gasteiger partial charge in [0.2, 0.25) is 0 Å². The summed E-state index contributed by atoms with van der Waals surface area (Å²) in [5.41, 5.74) is 0.964. The van der Waals surface area contributed by atoms with Gasteiger partial charge in [0.25, 0.3) is 0 Å². The molecular weight excluding hydrogens is 316 g/mol. The Hall–Kier alpha value is -2.04. The van der Waals surface area contributed by atoms with Crippen molar-refractivity contribution < 1.29 is 4.74 Å². The van der Waals surface area contributed by atoms with Crippen LogP contribution in [0.5, 0.6) is 5.75 Å². The van der Waals surface area contributed by atoms with Crippen molar-refractivity contribution in [1.82, 2.24) is 9.97 Å². The lowest BCUT2D eigenvalue weighted by atomic mass is 10.2. The van der Waals surface area contributed by atoms with Gasteiger partial charge in [0.1, 0.15) is 5.03 Å². The summed E-state index contributed by atoms with van der Waals surface area (Å²) in [7, 11) is 1.61. The fourth-order valence-electron chi connectivity index (χ4n) is 1.93. The van der Waals surface area contributed by atoms with Crippen LogP contribution in [0, 0.1) is 0 Å². The number of nitrogens with zero attached hydrogens (tertiary/aromatic N) is 2. The Morgan fingerprint density at radius 3 is 2.45 bits per heavy atom. The molecule has 0 atom stereocenters. The molecule has 0 radical (unpaired) electrons. The third-order valence-corrected chi connectivity index (χ3v) is 4.52. The Labute approximate surface area is 138 Å². The zero-order valence-corrected chi connectivity index (χ0v) is 13.4. The first-order valence-corrected chi connectivity index (χ1v) is 7.86. The number of aromatic nitrogens is 2. The number of halogens is 1. The van der Waals surface area contributed by atoms with Crippen molar-refractivity contribution in [2.75, 3.05) is 7.11 Å². The van der Waals surface area contributed by atoms with E-state index in [1.807, 2.05) is 54.6 Å². The van der Waals surface area contributed by atoms with Gasteiger partial charge in [-0.15, -0.1) is 0 Å². The Kier molecular flexibility index (Phi) is 4.61. The average Bonchev–Trinajstić information content (AvgIpc) is 2.58. The van der Waals surface area contributed by atoms with Gasteiger partial charge in [-0.2, -0.15) is 0 Å². The molecular formula is C17H13ClN2OS. The van der Waals surface area contributed by atoms with Crippen LogP contribution in [-0.4, -0.2) is 17.1 Å². The van der Waals surface area contributed by atoms with Crippen molar-refractivity contribution in [3.05, 3.63) is 65.8 Å². The standard InChI is InChI=1S/C17H13ClN2OS/c1-21-14-11-19-16(12-7-3-2-4-8-12)20-17(14)22-15-10-6-5-9-13(15)18/h2-11H,1H3. The summed E-state index contributed by atoms with van der Waals surface area (Å²) in [6.07, 6.45) is 1.69. The summed E-state index contributed by atoms with van der Waals surface area (Å²) in [4.78, 5) is 9.91. The van der Waals surface area contributed by atoms with Gasteiger partial charge in [0.15, 0.2) is 11.6 Å². The molecule has 0 unspecified atom stereocenters. The third kappa shape index (κ3) is 3.24. The molecule has 1 aromatic heterocycles. The summed E-state index contributed by atoms with van der Waals surface area (Å²) in [6.45, 7) is 0. The van der Waals surface area contributed by atoms with Crippen molar-refractivity contribution in [2.45, 2.75) is 9.92 Å². The van der Waals surface area contributed by atoms with E-state index in [0.717, 1.165) is 15.5 Å². The van der Waals surface area contributed by atoms with E-state index in [4.69, 9.17) is 16.3 Å². The molecule has 2 aromatic carbocycles. The second-order valence-corrected chi connectivity index (χ2v) is 5.90. The maximum atomic E-state index is 6.22. The summed E-state index contributed by atoms with van der Waals surface area (Å²) in [6, 6.07) is 17.5. The van der Waals surface area contributed by atoms with Crippen LogP contribution >= 0.6 is 23.4 Å². The third-order valence-electron chi connectivity index (χ3n) is 3.02. The number of ether oxygens (including phenoxy) is 1. The lowest BCUT2D eigenvalue weighted by Crippen LogP contribution is -1.95. The van der Waals surface area contributed by atoms with E-state index in [1.54, 1.807) is 13.3 Å². The minimum Gasteiger partial charge on any atom is -0.492 e. The second kappa shape index (κ2) is 6.81. The summed E-state index contributed by atoms with van der Waals surface area (Å²) >= 11 is 7.69. The Morgan fingerprint density at radius 1 is 1.00 bits per heavy atom. The average molecular weight is 329 g/mol. The fourth-order valence-corrected chi connectivity index (χ4v) is 3.07. The predicted octanol–water partition coefficient (Wildman–Crippen LogP) is 4.96. The van der Waals surface area contributed by atoms with Gasteiger partial charge in [-0.3, -0.25) is 0 Å². The highest BCUT2D eigenvalue weighted by Crippen LogP contribution is 2.37. The molecule has 1 heterocycles. The van der Waals surface area contributed by atoms with E-state index in [9.17, 15) is 0 Å². The molecule has 0 spiro atoms. The normalized spacial score (nSPS) is 10.5. The number of methoxy groups -OCH3 is 1. The van der Waals surface area contributed by atoms with Crippen LogP contribution in [0.3, 0.4) is 0 Å². The molecule has 110 valence electrons. The summed E-state index contributed by atoms with van der Waals surface area (Å²) in [5.74, 6) is 1.29. The zero-order valence-electron chi connectivity index (χ0n) is 11.9. The number of hydrogen-bond acceptors (Lipinski definition) is 4. The number of hydrogen-bond donors (Lipinski definition) is 0. The Balaban J connectivity index is 2.00. The van der Waals surface area contributed by atoms with Crippen molar-refractivity contribution >= 4 is 23.4 Å². The molecule has 0 N–H and O–H groups in total. The predicted molar refractivity (Wildman–Crippen MR) is 89.6 cm³/mol. The van der Waals surface area contributed by atoms with Gasteiger partial charge in [-0.05, 0) is 12.1 Å². The highest BCUT2D eigenvalue weighted by atomic mass is 35.5. The van der Waals surface area contributed by atoms with Gasteiger partial charge in [-0.25, -0.2) is 9.97 Å². The zero-order chi connectivity index (χ0) is 15.4. The highest BCUT2D eigenvalue weighted by molar-refractivity contribution is 7.99. The number of rotatable bonds is 4. The molecule has 0 amide bonds. The van der Waals surface area contributed by atoms with Gasteiger partial charge in [-0.1, -0.05) is 65.8 Å². The highest BCUT2D eigenvalue weighted by Gasteiger charge is 2.12. The van der Waals surface area contributed by atoms with Crippen LogP contribution in [0.4, 0.5) is 0 Å². The lowest BCUT2D eigenvalue weighted by molar-refractivity contribution is 0.398. The van der Waals surface area contributed by atoms with E-state index in [1.165, 1.54) is 11.8 Å². The molecule has 3 rings (SSSR count). The maximum Gasteiger partial charge on any atom is 0.169 e. The molecule has 5 heteroatoms. The first kappa shape index (κ1) is 14.9. The van der Waals surface area contributed by atoms with E-state index < -0.39 is 0 Å². The quantitative estimate of drug-likeness (QED) is 0.634. The Bertz CT molecular complexity index is 781. The van der Waals surface area contributed by atoms with Crippen LogP contribution in [0.15, 0.2) is 70.7 Å². The maximum absolute atomic E-state index is 6.22. The Morgan fingerprint density at radius 2 is 1.73 bits per heavy atom. The van der Waals surface area contributed by atoms with Crippen molar-refractivity contribution in [1.29, 1.82) is 0 Å². The SMILES string of the molecule is COc1cnc(-c2ccccc2)nc1Sc1ccccc1Cl. The van der Waals surface area contributed by atoms with E-state index >= 15 is 0 Å². The summed E-state index contributed by atoms with van der Waals surface area (Å²) in [5, 5.41) is 1.43. The van der Waals surface area contributed by atoms with Gasteiger partial charge < -0.3 is 4.74 Å². The molecule has 3 nitrogen and oxygen atoms in total. The van der Waals surface area contributed by atoms with Crippen LogP contribution in [-0.2, 0) is 0 Å². The fraction of sp³-hybridized carbons (Fsp3) is 0.0588. The smallest absolute Gasteiger partial charge is 0.169 e. The molecule has 0 fully saturated rings. The molecule has 0 aliphatic rings. The molecule has 3 aromatic rings. The topological polar surface area (TPSA) is 35.0 Å². The number of benzene rings is 2. The van der Waals surface area contributed by atoms with Crippen molar-refractivity contribution in [3.8, 4) is 17.1 Å². The van der Waals surface area contributed by atoms with Gasteiger partial charge >= 0.3 is 0 Å². The van der Waals surface area contributed by atoms with E-state index in [0.29, 0.717) is 16.6 Å². The largest absolute Gasteiger partial charge is 0.492 e. The van der Waals surface area contributed by atoms with Crippen molar-refractivity contribution in [3.63, 3.8) is 0 Å². The molecule has 22 heavy (non-hydrogen) atoms. The van der Waals surface area contributed by atoms with Gasteiger partial charge in [0, 0.05) is 10.5 Å².